The topological polar surface area (TPSA) is 37.8 Å². The lowest BCUT2D eigenvalue weighted by atomic mass is 9.89. The Kier molecular flexibility index (Phi) is 4.81. The highest BCUT2D eigenvalue weighted by Gasteiger charge is 2.19. The minimum absolute atomic E-state index is 0.497. The fourth-order valence-corrected chi connectivity index (χ4v) is 2.57. The van der Waals surface area contributed by atoms with Crippen LogP contribution in [-0.4, -0.2) is 16.5 Å². The zero-order valence-corrected chi connectivity index (χ0v) is 12.0. The van der Waals surface area contributed by atoms with Gasteiger partial charge in [0.15, 0.2) is 0 Å². The fraction of sp³-hybridized carbons (Fsp3) is 0.714. The molecule has 1 heterocycles. The third-order valence-electron chi connectivity index (χ3n) is 3.37. The first-order valence-corrected chi connectivity index (χ1v) is 7.31. The number of nitrogens with zero attached hydrogens (tertiary/aromatic N) is 2. The third-order valence-corrected chi connectivity index (χ3v) is 3.57. The highest BCUT2D eigenvalue weighted by molar-refractivity contribution is 6.29. The smallest absolute Gasteiger partial charge is 0.135 e. The molecule has 0 aliphatic heterocycles. The lowest BCUT2D eigenvalue weighted by Gasteiger charge is -2.21. The molecule has 1 aliphatic carbocycles. The normalized spacial score (nSPS) is 17.1. The maximum atomic E-state index is 6.09. The van der Waals surface area contributed by atoms with Crippen molar-refractivity contribution in [2.24, 2.45) is 5.92 Å². The molecule has 18 heavy (non-hydrogen) atoms. The van der Waals surface area contributed by atoms with Crippen molar-refractivity contribution in [2.75, 3.05) is 11.9 Å². The van der Waals surface area contributed by atoms with E-state index < -0.39 is 0 Å². The van der Waals surface area contributed by atoms with Crippen LogP contribution < -0.4 is 5.32 Å². The van der Waals surface area contributed by atoms with E-state index in [1.807, 2.05) is 6.07 Å². The Balaban J connectivity index is 2.09. The standard InChI is InChI=1S/C14H22ClN3/c1-10(2)9-16-13-8-12(15)17-14(18-13)11-6-4-3-5-7-11/h8,10-11H,3-7,9H2,1-2H3,(H,16,17,18). The molecule has 1 saturated carbocycles. The van der Waals surface area contributed by atoms with E-state index in [1.165, 1.54) is 32.1 Å². The maximum Gasteiger partial charge on any atom is 0.135 e. The molecule has 0 saturated heterocycles. The summed E-state index contributed by atoms with van der Waals surface area (Å²) in [7, 11) is 0. The van der Waals surface area contributed by atoms with Gasteiger partial charge in [-0.25, -0.2) is 9.97 Å². The molecule has 1 aromatic heterocycles. The summed E-state index contributed by atoms with van der Waals surface area (Å²) in [5, 5.41) is 3.88. The van der Waals surface area contributed by atoms with Crippen LogP contribution in [0.2, 0.25) is 5.15 Å². The number of aromatic nitrogens is 2. The van der Waals surface area contributed by atoms with E-state index in [1.54, 1.807) is 0 Å². The molecule has 3 nitrogen and oxygen atoms in total. The van der Waals surface area contributed by atoms with Gasteiger partial charge in [-0.2, -0.15) is 0 Å². The molecule has 2 rings (SSSR count). The summed E-state index contributed by atoms with van der Waals surface area (Å²) in [6.45, 7) is 5.27. The minimum atomic E-state index is 0.497. The van der Waals surface area contributed by atoms with Crippen LogP contribution in [0.25, 0.3) is 0 Å². The highest BCUT2D eigenvalue weighted by Crippen LogP contribution is 2.31. The monoisotopic (exact) mass is 267 g/mol. The first kappa shape index (κ1) is 13.6. The van der Waals surface area contributed by atoms with Crippen LogP contribution in [0.5, 0.6) is 0 Å². The number of halogens is 1. The molecule has 4 heteroatoms. The number of hydrogen-bond acceptors (Lipinski definition) is 3. The predicted molar refractivity (Wildman–Crippen MR) is 76.2 cm³/mol. The molecular formula is C14H22ClN3. The maximum absolute atomic E-state index is 6.09. The van der Waals surface area contributed by atoms with E-state index in [0.29, 0.717) is 17.0 Å². The van der Waals surface area contributed by atoms with Gasteiger partial charge in [0.2, 0.25) is 0 Å². The summed E-state index contributed by atoms with van der Waals surface area (Å²) >= 11 is 6.09. The van der Waals surface area contributed by atoms with Crippen molar-refractivity contribution in [3.8, 4) is 0 Å². The van der Waals surface area contributed by atoms with Gasteiger partial charge in [-0.15, -0.1) is 0 Å². The number of hydrogen-bond donors (Lipinski definition) is 1. The quantitative estimate of drug-likeness (QED) is 0.829. The van der Waals surface area contributed by atoms with Gasteiger partial charge in [0.25, 0.3) is 0 Å². The van der Waals surface area contributed by atoms with E-state index in [0.717, 1.165) is 18.2 Å². The first-order valence-electron chi connectivity index (χ1n) is 6.93. The molecule has 1 N–H and O–H groups in total. The van der Waals surface area contributed by atoms with Gasteiger partial charge < -0.3 is 5.32 Å². The summed E-state index contributed by atoms with van der Waals surface area (Å²) < 4.78 is 0. The molecule has 1 aliphatic rings. The van der Waals surface area contributed by atoms with Gasteiger partial charge in [0.05, 0.1) is 0 Å². The van der Waals surface area contributed by atoms with Crippen LogP contribution in [0, 0.1) is 5.92 Å². The summed E-state index contributed by atoms with van der Waals surface area (Å²) in [5.41, 5.74) is 0. The molecule has 1 fully saturated rings. The van der Waals surface area contributed by atoms with Crippen molar-refractivity contribution < 1.29 is 0 Å². The summed E-state index contributed by atoms with van der Waals surface area (Å²) in [4.78, 5) is 9.02. The van der Waals surface area contributed by atoms with Crippen molar-refractivity contribution >= 4 is 17.4 Å². The summed E-state index contributed by atoms with van der Waals surface area (Å²) in [6, 6.07) is 1.82. The van der Waals surface area contributed by atoms with Gasteiger partial charge in [0.1, 0.15) is 16.8 Å². The van der Waals surface area contributed by atoms with E-state index in [-0.39, 0.29) is 0 Å². The Bertz CT molecular complexity index is 387. The molecule has 0 unspecified atom stereocenters. The van der Waals surface area contributed by atoms with E-state index >= 15 is 0 Å². The lowest BCUT2D eigenvalue weighted by Crippen LogP contribution is -2.13. The molecule has 0 radical (unpaired) electrons. The largest absolute Gasteiger partial charge is 0.370 e. The summed E-state index contributed by atoms with van der Waals surface area (Å²) in [5.74, 6) is 2.88. The Morgan fingerprint density at radius 3 is 2.67 bits per heavy atom. The second-order valence-corrected chi connectivity index (χ2v) is 5.93. The van der Waals surface area contributed by atoms with E-state index in [9.17, 15) is 0 Å². The van der Waals surface area contributed by atoms with Crippen molar-refractivity contribution in [1.29, 1.82) is 0 Å². The first-order chi connectivity index (χ1) is 8.65. The van der Waals surface area contributed by atoms with E-state index in [4.69, 9.17) is 11.6 Å². The number of anilines is 1. The van der Waals surface area contributed by atoms with Gasteiger partial charge >= 0.3 is 0 Å². The van der Waals surface area contributed by atoms with Crippen LogP contribution in [0.15, 0.2) is 6.07 Å². The van der Waals surface area contributed by atoms with Crippen molar-refractivity contribution in [2.45, 2.75) is 51.9 Å². The van der Waals surface area contributed by atoms with Crippen LogP contribution in [0.4, 0.5) is 5.82 Å². The van der Waals surface area contributed by atoms with Gasteiger partial charge in [-0.05, 0) is 18.8 Å². The highest BCUT2D eigenvalue weighted by atomic mass is 35.5. The van der Waals surface area contributed by atoms with Crippen LogP contribution in [0.1, 0.15) is 57.7 Å². The SMILES string of the molecule is CC(C)CNc1cc(Cl)nc(C2CCCCC2)n1. The van der Waals surface area contributed by atoms with Gasteiger partial charge in [0, 0.05) is 18.5 Å². The molecule has 1 aromatic rings. The zero-order chi connectivity index (χ0) is 13.0. The van der Waals surface area contributed by atoms with Gasteiger partial charge in [-0.3, -0.25) is 0 Å². The molecule has 0 aromatic carbocycles. The molecular weight excluding hydrogens is 246 g/mol. The lowest BCUT2D eigenvalue weighted by molar-refractivity contribution is 0.429. The van der Waals surface area contributed by atoms with Crippen LogP contribution in [0.3, 0.4) is 0 Å². The second-order valence-electron chi connectivity index (χ2n) is 5.54. The minimum Gasteiger partial charge on any atom is -0.370 e. The Morgan fingerprint density at radius 1 is 1.28 bits per heavy atom. The average Bonchev–Trinajstić information content (AvgIpc) is 2.37. The average molecular weight is 268 g/mol. The molecule has 100 valence electrons. The van der Waals surface area contributed by atoms with Crippen LogP contribution in [-0.2, 0) is 0 Å². The Labute approximate surface area is 114 Å². The van der Waals surface area contributed by atoms with Crippen molar-refractivity contribution in [3.05, 3.63) is 17.0 Å². The van der Waals surface area contributed by atoms with Gasteiger partial charge in [-0.1, -0.05) is 44.7 Å². The van der Waals surface area contributed by atoms with E-state index in [2.05, 4.69) is 29.1 Å². The fourth-order valence-electron chi connectivity index (χ4n) is 2.38. The molecule has 0 atom stereocenters. The van der Waals surface area contributed by atoms with Crippen molar-refractivity contribution in [3.63, 3.8) is 0 Å². The number of nitrogens with one attached hydrogen (secondary N) is 1. The Morgan fingerprint density at radius 2 is 2.00 bits per heavy atom. The summed E-state index contributed by atoms with van der Waals surface area (Å²) in [6.07, 6.45) is 6.31. The zero-order valence-electron chi connectivity index (χ0n) is 11.2. The van der Waals surface area contributed by atoms with Crippen molar-refractivity contribution in [1.82, 2.24) is 9.97 Å². The number of rotatable bonds is 4. The Hall–Kier alpha value is -0.830. The third kappa shape index (κ3) is 3.84. The second kappa shape index (κ2) is 6.37. The van der Waals surface area contributed by atoms with Crippen LogP contribution >= 0.6 is 11.6 Å². The molecule has 0 bridgehead atoms. The molecule has 0 spiro atoms. The molecule has 0 amide bonds. The predicted octanol–water partition coefficient (Wildman–Crippen LogP) is 4.25.